The zero-order chi connectivity index (χ0) is 18.0. The minimum absolute atomic E-state index is 0. The number of halogens is 1. The molecule has 10 heteroatoms. The summed E-state index contributed by atoms with van der Waals surface area (Å²) in [5.74, 6) is 0.837. The highest BCUT2D eigenvalue weighted by Gasteiger charge is 2.30. The van der Waals surface area contributed by atoms with Crippen LogP contribution in [0.3, 0.4) is 0 Å². The van der Waals surface area contributed by atoms with Crippen molar-refractivity contribution in [2.24, 2.45) is 5.73 Å². The van der Waals surface area contributed by atoms with Crippen molar-refractivity contribution in [2.75, 3.05) is 39.4 Å². The van der Waals surface area contributed by atoms with Crippen LogP contribution >= 0.6 is 12.4 Å². The molecule has 8 nitrogen and oxygen atoms in total. The second kappa shape index (κ2) is 8.43. The number of nitrogens with zero attached hydrogens (tertiary/aromatic N) is 2. The van der Waals surface area contributed by atoms with Gasteiger partial charge < -0.3 is 20.1 Å². The summed E-state index contributed by atoms with van der Waals surface area (Å²) >= 11 is 0. The number of carbonyl (C=O) groups excluding carboxylic acids is 1. The van der Waals surface area contributed by atoms with Crippen LogP contribution < -0.4 is 15.2 Å². The van der Waals surface area contributed by atoms with Gasteiger partial charge in [-0.25, -0.2) is 8.42 Å². The Labute approximate surface area is 159 Å². The molecule has 1 fully saturated rings. The second-order valence-electron chi connectivity index (χ2n) is 6.18. The molecule has 0 aliphatic carbocycles. The van der Waals surface area contributed by atoms with E-state index in [0.717, 1.165) is 0 Å². The number of rotatable bonds is 3. The standard InChI is InChI=1S/C16H23N3O5S.ClH/c1-12(17)16(20)18-5-2-6-19(8-7-18)25(21,22)13-3-4-14-15(11-13)24-10-9-23-14;/h3-4,11-12H,2,5-10,17H2,1H3;1H/t12-;/m0./s1. The molecule has 1 aromatic carbocycles. The van der Waals surface area contributed by atoms with Crippen LogP contribution in [0.4, 0.5) is 0 Å². The Morgan fingerprint density at radius 1 is 1.12 bits per heavy atom. The van der Waals surface area contributed by atoms with E-state index in [-0.39, 0.29) is 29.8 Å². The first-order chi connectivity index (χ1) is 11.9. The smallest absolute Gasteiger partial charge is 0.243 e. The fourth-order valence-electron chi connectivity index (χ4n) is 2.98. The lowest BCUT2D eigenvalue weighted by atomic mass is 10.3. The fourth-order valence-corrected chi connectivity index (χ4v) is 4.46. The van der Waals surface area contributed by atoms with Crippen molar-refractivity contribution in [3.05, 3.63) is 18.2 Å². The Bertz CT molecular complexity index is 756. The molecule has 0 bridgehead atoms. The summed E-state index contributed by atoms with van der Waals surface area (Å²) in [4.78, 5) is 13.8. The van der Waals surface area contributed by atoms with Gasteiger partial charge >= 0.3 is 0 Å². The topological polar surface area (TPSA) is 102 Å². The lowest BCUT2D eigenvalue weighted by Gasteiger charge is -2.24. The van der Waals surface area contributed by atoms with Gasteiger partial charge in [0.25, 0.3) is 0 Å². The molecule has 1 aromatic rings. The number of nitrogens with two attached hydrogens (primary N) is 1. The van der Waals surface area contributed by atoms with E-state index in [4.69, 9.17) is 15.2 Å². The summed E-state index contributed by atoms with van der Waals surface area (Å²) in [7, 11) is -3.66. The van der Waals surface area contributed by atoms with E-state index in [0.29, 0.717) is 50.8 Å². The predicted molar refractivity (Wildman–Crippen MR) is 98.3 cm³/mol. The molecule has 146 valence electrons. The molecule has 1 amide bonds. The summed E-state index contributed by atoms with van der Waals surface area (Å²) in [6, 6.07) is 4.06. The predicted octanol–water partition coefficient (Wildman–Crippen LogP) is 0.450. The molecule has 2 aliphatic rings. The lowest BCUT2D eigenvalue weighted by Crippen LogP contribution is -2.44. The van der Waals surface area contributed by atoms with Crippen LogP contribution in [0.25, 0.3) is 0 Å². The van der Waals surface area contributed by atoms with Gasteiger partial charge in [-0.2, -0.15) is 4.31 Å². The van der Waals surface area contributed by atoms with Crippen molar-refractivity contribution in [3.8, 4) is 11.5 Å². The number of fused-ring (bicyclic) bond motifs is 1. The van der Waals surface area contributed by atoms with Crippen molar-refractivity contribution < 1.29 is 22.7 Å². The molecule has 0 radical (unpaired) electrons. The van der Waals surface area contributed by atoms with Crippen LogP contribution in [0.1, 0.15) is 13.3 Å². The molecule has 0 unspecified atom stereocenters. The Balaban J connectivity index is 0.00000243. The molecule has 2 heterocycles. The highest BCUT2D eigenvalue weighted by molar-refractivity contribution is 7.89. The summed E-state index contributed by atoms with van der Waals surface area (Å²) in [6.07, 6.45) is 0.572. The zero-order valence-electron chi connectivity index (χ0n) is 14.6. The molecule has 0 saturated carbocycles. The van der Waals surface area contributed by atoms with Crippen LogP contribution in [0.2, 0.25) is 0 Å². The van der Waals surface area contributed by atoms with Gasteiger partial charge in [0.05, 0.1) is 10.9 Å². The van der Waals surface area contributed by atoms with Crippen LogP contribution in [0.15, 0.2) is 23.1 Å². The Morgan fingerprint density at radius 2 is 1.81 bits per heavy atom. The molecule has 0 aromatic heterocycles. The largest absolute Gasteiger partial charge is 0.486 e. The van der Waals surface area contributed by atoms with Gasteiger partial charge in [-0.05, 0) is 25.5 Å². The van der Waals surface area contributed by atoms with Gasteiger partial charge in [0.15, 0.2) is 11.5 Å². The number of sulfonamides is 1. The van der Waals surface area contributed by atoms with Crippen molar-refractivity contribution in [3.63, 3.8) is 0 Å². The maximum atomic E-state index is 12.9. The Morgan fingerprint density at radius 3 is 2.50 bits per heavy atom. The number of hydrogen-bond acceptors (Lipinski definition) is 6. The van der Waals surface area contributed by atoms with E-state index in [1.54, 1.807) is 17.9 Å². The number of carbonyl (C=O) groups is 1. The van der Waals surface area contributed by atoms with E-state index in [9.17, 15) is 13.2 Å². The van der Waals surface area contributed by atoms with Crippen LogP contribution in [0, 0.1) is 0 Å². The van der Waals surface area contributed by atoms with Gasteiger partial charge in [-0.3, -0.25) is 4.79 Å². The third-order valence-corrected chi connectivity index (χ3v) is 6.20. The molecule has 0 spiro atoms. The normalized spacial score (nSPS) is 19.2. The molecule has 26 heavy (non-hydrogen) atoms. The zero-order valence-corrected chi connectivity index (χ0v) is 16.2. The summed E-state index contributed by atoms with van der Waals surface area (Å²) in [5, 5.41) is 0. The van der Waals surface area contributed by atoms with E-state index >= 15 is 0 Å². The average Bonchev–Trinajstić information content (AvgIpc) is 2.87. The summed E-state index contributed by atoms with van der Waals surface area (Å²) < 4.78 is 38.2. The minimum Gasteiger partial charge on any atom is -0.486 e. The molecule has 2 aliphatic heterocycles. The van der Waals surface area contributed by atoms with Gasteiger partial charge in [0, 0.05) is 32.2 Å². The van der Waals surface area contributed by atoms with Gasteiger partial charge in [-0.15, -0.1) is 12.4 Å². The summed E-state index contributed by atoms with van der Waals surface area (Å²) in [5.41, 5.74) is 5.65. The van der Waals surface area contributed by atoms with Crippen LogP contribution in [-0.4, -0.2) is 69.0 Å². The van der Waals surface area contributed by atoms with E-state index in [1.807, 2.05) is 0 Å². The Hall–Kier alpha value is -1.55. The van der Waals surface area contributed by atoms with Crippen LogP contribution in [-0.2, 0) is 14.8 Å². The maximum absolute atomic E-state index is 12.9. The number of benzene rings is 1. The first-order valence-electron chi connectivity index (χ1n) is 8.34. The highest BCUT2D eigenvalue weighted by atomic mass is 35.5. The summed E-state index contributed by atoms with van der Waals surface area (Å²) in [6.45, 7) is 3.94. The van der Waals surface area contributed by atoms with Crippen molar-refractivity contribution in [2.45, 2.75) is 24.3 Å². The molecule has 2 N–H and O–H groups in total. The fraction of sp³-hybridized carbons (Fsp3) is 0.562. The quantitative estimate of drug-likeness (QED) is 0.783. The highest BCUT2D eigenvalue weighted by Crippen LogP contribution is 2.33. The first-order valence-corrected chi connectivity index (χ1v) is 9.78. The number of ether oxygens (including phenoxy) is 2. The van der Waals surface area contributed by atoms with Crippen molar-refractivity contribution in [1.29, 1.82) is 0 Å². The SMILES string of the molecule is C[C@H](N)C(=O)N1CCCN(S(=O)(=O)c2ccc3c(c2)OCCO3)CC1.Cl. The molecular formula is C16H24ClN3O5S. The average molecular weight is 406 g/mol. The van der Waals surface area contributed by atoms with E-state index in [1.165, 1.54) is 16.4 Å². The second-order valence-corrected chi connectivity index (χ2v) is 8.11. The number of amides is 1. The lowest BCUT2D eigenvalue weighted by molar-refractivity contribution is -0.132. The van der Waals surface area contributed by atoms with Crippen LogP contribution in [0.5, 0.6) is 11.5 Å². The van der Waals surface area contributed by atoms with Crippen molar-refractivity contribution >= 4 is 28.3 Å². The van der Waals surface area contributed by atoms with Gasteiger partial charge in [-0.1, -0.05) is 0 Å². The van der Waals surface area contributed by atoms with Gasteiger partial charge in [0.2, 0.25) is 15.9 Å². The van der Waals surface area contributed by atoms with Gasteiger partial charge in [0.1, 0.15) is 13.2 Å². The molecule has 3 rings (SSSR count). The minimum atomic E-state index is -3.66. The third-order valence-electron chi connectivity index (χ3n) is 4.31. The van der Waals surface area contributed by atoms with E-state index in [2.05, 4.69) is 0 Å². The van der Waals surface area contributed by atoms with E-state index < -0.39 is 16.1 Å². The monoisotopic (exact) mass is 405 g/mol. The molecule has 1 atom stereocenters. The Kier molecular flexibility index (Phi) is 6.73. The third kappa shape index (κ3) is 4.22. The molecular weight excluding hydrogens is 382 g/mol. The molecule has 1 saturated heterocycles. The maximum Gasteiger partial charge on any atom is 0.243 e. The first kappa shape index (κ1) is 20.8. The number of hydrogen-bond donors (Lipinski definition) is 1. The van der Waals surface area contributed by atoms with Crippen molar-refractivity contribution in [1.82, 2.24) is 9.21 Å².